The van der Waals surface area contributed by atoms with Crippen molar-refractivity contribution >= 4 is 23.4 Å². The molecule has 3 saturated heterocycles. The number of para-hydroxylation sites is 1. The number of carbonyl (C=O) groups is 2. The Labute approximate surface area is 170 Å². The third-order valence-electron chi connectivity index (χ3n) is 6.13. The number of hydrogen-bond acceptors (Lipinski definition) is 4. The van der Waals surface area contributed by atoms with Gasteiger partial charge < -0.3 is 9.84 Å². The number of amides is 1. The summed E-state index contributed by atoms with van der Waals surface area (Å²) in [6.07, 6.45) is 1.52. The summed E-state index contributed by atoms with van der Waals surface area (Å²) in [6.45, 7) is 6.53. The third kappa shape index (κ3) is 3.72. The van der Waals surface area contributed by atoms with Gasteiger partial charge in [-0.05, 0) is 75.0 Å². The Morgan fingerprint density at radius 1 is 1.07 bits per heavy atom. The van der Waals surface area contributed by atoms with Crippen LogP contribution in [0.2, 0.25) is 0 Å². The highest BCUT2D eigenvalue weighted by Crippen LogP contribution is 2.36. The Kier molecular flexibility index (Phi) is 5.28. The summed E-state index contributed by atoms with van der Waals surface area (Å²) in [6, 6.07) is 12.6. The molecule has 2 aromatic carbocycles. The van der Waals surface area contributed by atoms with Crippen molar-refractivity contribution in [3.8, 4) is 0 Å². The molecule has 1 N–H and O–H groups in total. The number of fused-ring (bicyclic) bond motifs is 3. The molecule has 3 aliphatic heterocycles. The van der Waals surface area contributed by atoms with E-state index in [2.05, 4.69) is 4.90 Å². The number of anilines is 2. The molecule has 0 unspecified atom stereocenters. The zero-order valence-electron chi connectivity index (χ0n) is 16.8. The molecule has 0 saturated carbocycles. The average Bonchev–Trinajstić information content (AvgIpc) is 2.72. The van der Waals surface area contributed by atoms with Crippen LogP contribution in [0.3, 0.4) is 0 Å². The highest BCUT2D eigenvalue weighted by Gasteiger charge is 2.38. The molecule has 0 aromatic heterocycles. The SMILES string of the molecule is Cc1ccc(C(=O)O)c(C)c1N(C(=O)O[C@H]1CN2CCC1CC2)c1ccccc1. The fraction of sp³-hybridized carbons (Fsp3) is 0.391. The smallest absolute Gasteiger partial charge is 0.419 e. The van der Waals surface area contributed by atoms with Gasteiger partial charge >= 0.3 is 12.1 Å². The van der Waals surface area contributed by atoms with Crippen LogP contribution >= 0.6 is 0 Å². The largest absolute Gasteiger partial charge is 0.478 e. The summed E-state index contributed by atoms with van der Waals surface area (Å²) < 4.78 is 6.00. The van der Waals surface area contributed by atoms with Crippen molar-refractivity contribution in [2.45, 2.75) is 32.8 Å². The fourth-order valence-corrected chi connectivity index (χ4v) is 4.54. The lowest BCUT2D eigenvalue weighted by molar-refractivity contribution is -0.0304. The van der Waals surface area contributed by atoms with Gasteiger partial charge in [-0.1, -0.05) is 24.3 Å². The maximum Gasteiger partial charge on any atom is 0.419 e. The molecule has 2 aromatic rings. The van der Waals surface area contributed by atoms with E-state index in [9.17, 15) is 14.7 Å². The number of ether oxygens (including phenoxy) is 1. The van der Waals surface area contributed by atoms with Gasteiger partial charge in [-0.3, -0.25) is 4.90 Å². The van der Waals surface area contributed by atoms with Crippen LogP contribution in [-0.4, -0.2) is 47.8 Å². The van der Waals surface area contributed by atoms with Crippen molar-refractivity contribution in [3.63, 3.8) is 0 Å². The second kappa shape index (κ2) is 7.87. The second-order valence-electron chi connectivity index (χ2n) is 7.94. The molecule has 1 atom stereocenters. The van der Waals surface area contributed by atoms with Gasteiger partial charge in [0.15, 0.2) is 0 Å². The highest BCUT2D eigenvalue weighted by molar-refractivity contribution is 6.00. The van der Waals surface area contributed by atoms with E-state index < -0.39 is 12.1 Å². The molecule has 152 valence electrons. The molecule has 6 heteroatoms. The van der Waals surface area contributed by atoms with Gasteiger partial charge in [-0.2, -0.15) is 0 Å². The number of carbonyl (C=O) groups excluding carboxylic acids is 1. The van der Waals surface area contributed by atoms with E-state index in [4.69, 9.17) is 4.74 Å². The topological polar surface area (TPSA) is 70.1 Å². The number of aryl methyl sites for hydroxylation is 1. The average molecular weight is 394 g/mol. The lowest BCUT2D eigenvalue weighted by atomic mass is 9.86. The van der Waals surface area contributed by atoms with Crippen LogP contribution in [0.25, 0.3) is 0 Å². The molecule has 0 spiro atoms. The predicted octanol–water partition coefficient (Wildman–Crippen LogP) is 4.37. The number of benzene rings is 2. The van der Waals surface area contributed by atoms with Crippen LogP contribution in [0.1, 0.15) is 34.3 Å². The van der Waals surface area contributed by atoms with E-state index in [1.54, 1.807) is 19.1 Å². The molecule has 5 rings (SSSR count). The summed E-state index contributed by atoms with van der Waals surface area (Å²) in [4.78, 5) is 29.0. The first-order valence-electron chi connectivity index (χ1n) is 10.1. The Bertz CT molecular complexity index is 920. The van der Waals surface area contributed by atoms with Crippen molar-refractivity contribution < 1.29 is 19.4 Å². The molecule has 3 heterocycles. The summed E-state index contributed by atoms with van der Waals surface area (Å²) in [5.74, 6) is -0.614. The van der Waals surface area contributed by atoms with Crippen molar-refractivity contribution in [3.05, 3.63) is 59.2 Å². The van der Waals surface area contributed by atoms with Gasteiger partial charge in [0.05, 0.1) is 16.9 Å². The highest BCUT2D eigenvalue weighted by atomic mass is 16.6. The van der Waals surface area contributed by atoms with Crippen LogP contribution in [-0.2, 0) is 4.74 Å². The first kappa shape index (κ1) is 19.5. The summed E-state index contributed by atoms with van der Waals surface area (Å²) >= 11 is 0. The van der Waals surface area contributed by atoms with Crippen molar-refractivity contribution in [1.29, 1.82) is 0 Å². The minimum atomic E-state index is -1.01. The molecule has 0 radical (unpaired) electrons. The maximum absolute atomic E-state index is 13.4. The maximum atomic E-state index is 13.4. The van der Waals surface area contributed by atoms with E-state index in [1.807, 2.05) is 37.3 Å². The summed E-state index contributed by atoms with van der Waals surface area (Å²) in [5.41, 5.74) is 2.78. The van der Waals surface area contributed by atoms with Gasteiger partial charge in [0.25, 0.3) is 0 Å². The van der Waals surface area contributed by atoms with Crippen molar-refractivity contribution in [2.75, 3.05) is 24.5 Å². The Balaban J connectivity index is 1.73. The quantitative estimate of drug-likeness (QED) is 0.834. The standard InChI is InChI=1S/C23H26N2O4/c1-15-8-9-19(22(26)27)16(2)21(15)25(18-6-4-3-5-7-18)23(28)29-20-14-24-12-10-17(20)11-13-24/h3-9,17,20H,10-14H2,1-2H3,(H,26,27)/t20-/m0/s1. The molecule has 2 bridgehead atoms. The van der Waals surface area contributed by atoms with E-state index in [-0.39, 0.29) is 11.7 Å². The minimum absolute atomic E-state index is 0.125. The number of nitrogens with zero attached hydrogens (tertiary/aromatic N) is 2. The zero-order valence-corrected chi connectivity index (χ0v) is 16.8. The number of piperidine rings is 3. The van der Waals surface area contributed by atoms with Crippen molar-refractivity contribution in [1.82, 2.24) is 4.90 Å². The van der Waals surface area contributed by atoms with Crippen LogP contribution in [0.4, 0.5) is 16.2 Å². The van der Waals surface area contributed by atoms with Crippen LogP contribution in [0.15, 0.2) is 42.5 Å². The van der Waals surface area contributed by atoms with Crippen LogP contribution < -0.4 is 4.90 Å². The van der Waals surface area contributed by atoms with Gasteiger partial charge in [0.1, 0.15) is 6.10 Å². The molecular formula is C23H26N2O4. The minimum Gasteiger partial charge on any atom is -0.478 e. The number of hydrogen-bond donors (Lipinski definition) is 1. The number of carboxylic acid groups (broad SMARTS) is 1. The third-order valence-corrected chi connectivity index (χ3v) is 6.13. The van der Waals surface area contributed by atoms with Crippen LogP contribution in [0.5, 0.6) is 0 Å². The van der Waals surface area contributed by atoms with Gasteiger partial charge in [0.2, 0.25) is 0 Å². The number of aromatic carboxylic acids is 1. The van der Waals surface area contributed by atoms with E-state index in [1.165, 1.54) is 4.90 Å². The van der Waals surface area contributed by atoms with Gasteiger partial charge in [-0.25, -0.2) is 14.5 Å². The molecule has 3 aliphatic rings. The summed E-state index contributed by atoms with van der Waals surface area (Å²) in [5, 5.41) is 9.56. The lowest BCUT2D eigenvalue weighted by Crippen LogP contribution is -2.52. The normalized spacial score (nSPS) is 22.9. The zero-order chi connectivity index (χ0) is 20.5. The second-order valence-corrected chi connectivity index (χ2v) is 7.94. The van der Waals surface area contributed by atoms with Crippen LogP contribution in [0, 0.1) is 19.8 Å². The van der Waals surface area contributed by atoms with Crippen molar-refractivity contribution in [2.24, 2.45) is 5.92 Å². The molecule has 1 amide bonds. The molecule has 0 aliphatic carbocycles. The van der Waals surface area contributed by atoms with E-state index in [0.717, 1.165) is 38.0 Å². The van der Waals surface area contributed by atoms with Gasteiger partial charge in [0, 0.05) is 6.54 Å². The molecule has 29 heavy (non-hydrogen) atoms. The summed E-state index contributed by atoms with van der Waals surface area (Å²) in [7, 11) is 0. The first-order chi connectivity index (χ1) is 14.0. The Morgan fingerprint density at radius 2 is 1.76 bits per heavy atom. The lowest BCUT2D eigenvalue weighted by Gasteiger charge is -2.44. The fourth-order valence-electron chi connectivity index (χ4n) is 4.54. The molecule has 3 fully saturated rings. The molecule has 6 nitrogen and oxygen atoms in total. The Hall–Kier alpha value is -2.86. The Morgan fingerprint density at radius 3 is 2.34 bits per heavy atom. The number of rotatable bonds is 4. The van der Waals surface area contributed by atoms with Gasteiger partial charge in [-0.15, -0.1) is 0 Å². The first-order valence-corrected chi connectivity index (χ1v) is 10.1. The molecular weight excluding hydrogens is 368 g/mol. The predicted molar refractivity (Wildman–Crippen MR) is 111 cm³/mol. The van der Waals surface area contributed by atoms with E-state index >= 15 is 0 Å². The number of carboxylic acids is 1. The monoisotopic (exact) mass is 394 g/mol. The van der Waals surface area contributed by atoms with E-state index in [0.29, 0.717) is 22.9 Å².